The Morgan fingerprint density at radius 3 is 2.61 bits per heavy atom. The van der Waals surface area contributed by atoms with Gasteiger partial charge in [-0.25, -0.2) is 0 Å². The average molecular weight is 288 g/mol. The summed E-state index contributed by atoms with van der Waals surface area (Å²) in [6, 6.07) is 5.07. The Morgan fingerprint density at radius 2 is 2.00 bits per heavy atom. The van der Waals surface area contributed by atoms with E-state index < -0.39 is 0 Å². The summed E-state index contributed by atoms with van der Waals surface area (Å²) in [5.74, 6) is -0.237. The number of amides is 1. The Hall–Kier alpha value is -0.770. The number of nitrogens with one attached hydrogen (secondary N) is 1. The van der Waals surface area contributed by atoms with E-state index in [1.807, 2.05) is 0 Å². The van der Waals surface area contributed by atoms with Crippen LogP contribution in [0.5, 0.6) is 0 Å². The van der Waals surface area contributed by atoms with E-state index in [1.54, 1.807) is 25.3 Å². The molecule has 1 N–H and O–H groups in total. The van der Waals surface area contributed by atoms with Gasteiger partial charge in [0.2, 0.25) is 0 Å². The minimum absolute atomic E-state index is 0.0369. The van der Waals surface area contributed by atoms with Crippen LogP contribution >= 0.6 is 23.2 Å². The van der Waals surface area contributed by atoms with Crippen molar-refractivity contribution in [2.45, 2.75) is 31.4 Å². The lowest BCUT2D eigenvalue weighted by molar-refractivity contribution is 0.0722. The molecule has 1 aliphatic rings. The summed E-state index contributed by atoms with van der Waals surface area (Å²) in [6.45, 7) is 0. The molecule has 3 nitrogen and oxygen atoms in total. The van der Waals surface area contributed by atoms with E-state index in [0.717, 1.165) is 19.3 Å². The first-order valence-electron chi connectivity index (χ1n) is 5.91. The van der Waals surface area contributed by atoms with Gasteiger partial charge in [-0.1, -0.05) is 29.3 Å². The molecule has 0 radical (unpaired) electrons. The van der Waals surface area contributed by atoms with E-state index in [9.17, 15) is 4.79 Å². The largest absolute Gasteiger partial charge is 0.379 e. The predicted molar refractivity (Wildman–Crippen MR) is 72.4 cm³/mol. The van der Waals surface area contributed by atoms with Crippen LogP contribution in [-0.2, 0) is 4.74 Å². The van der Waals surface area contributed by atoms with Crippen LogP contribution in [0.4, 0.5) is 0 Å². The number of methoxy groups -OCH3 is 1. The van der Waals surface area contributed by atoms with E-state index in [0.29, 0.717) is 15.6 Å². The summed E-state index contributed by atoms with van der Waals surface area (Å²) in [4.78, 5) is 12.2. The number of carbonyl (C=O) groups is 1. The van der Waals surface area contributed by atoms with Crippen molar-refractivity contribution in [1.29, 1.82) is 0 Å². The van der Waals surface area contributed by atoms with Crippen molar-refractivity contribution in [3.8, 4) is 0 Å². The Bertz CT molecular complexity index is 430. The zero-order chi connectivity index (χ0) is 13.1. The van der Waals surface area contributed by atoms with Crippen molar-refractivity contribution in [2.24, 2.45) is 0 Å². The van der Waals surface area contributed by atoms with Crippen LogP contribution < -0.4 is 5.32 Å². The maximum Gasteiger partial charge on any atom is 0.254 e. The number of halogens is 2. The topological polar surface area (TPSA) is 38.3 Å². The van der Waals surface area contributed by atoms with Crippen LogP contribution in [0.1, 0.15) is 29.6 Å². The number of hydrogen-bond acceptors (Lipinski definition) is 2. The lowest BCUT2D eigenvalue weighted by Crippen LogP contribution is -2.40. The van der Waals surface area contributed by atoms with E-state index in [-0.39, 0.29) is 18.1 Å². The highest BCUT2D eigenvalue weighted by molar-refractivity contribution is 6.39. The van der Waals surface area contributed by atoms with Gasteiger partial charge in [0.15, 0.2) is 0 Å². The minimum atomic E-state index is -0.237. The standard InChI is InChI=1S/C13H15Cl2NO2/c1-18-11-7-3-6-10(11)16-13(17)12-8(14)4-2-5-9(12)15/h2,4-5,10-11H,3,6-7H2,1H3,(H,16,17)/t10-,11+/m0/s1. The van der Waals surface area contributed by atoms with Gasteiger partial charge in [-0.15, -0.1) is 0 Å². The molecule has 0 unspecified atom stereocenters. The average Bonchev–Trinajstić information content (AvgIpc) is 2.76. The van der Waals surface area contributed by atoms with Gasteiger partial charge in [0.05, 0.1) is 27.8 Å². The third-order valence-electron chi connectivity index (χ3n) is 3.26. The van der Waals surface area contributed by atoms with Gasteiger partial charge in [0, 0.05) is 7.11 Å². The quantitative estimate of drug-likeness (QED) is 0.926. The van der Waals surface area contributed by atoms with Gasteiger partial charge in [0.25, 0.3) is 5.91 Å². The highest BCUT2D eigenvalue weighted by Gasteiger charge is 2.29. The molecule has 0 spiro atoms. The lowest BCUT2D eigenvalue weighted by atomic mass is 10.1. The van der Waals surface area contributed by atoms with Crippen LogP contribution in [0.25, 0.3) is 0 Å². The molecule has 18 heavy (non-hydrogen) atoms. The van der Waals surface area contributed by atoms with Crippen molar-refractivity contribution in [1.82, 2.24) is 5.32 Å². The number of hydrogen-bond donors (Lipinski definition) is 1. The number of benzene rings is 1. The zero-order valence-electron chi connectivity index (χ0n) is 10.1. The fourth-order valence-electron chi connectivity index (χ4n) is 2.33. The first-order valence-corrected chi connectivity index (χ1v) is 6.66. The van der Waals surface area contributed by atoms with Crippen molar-refractivity contribution in [3.63, 3.8) is 0 Å². The molecule has 1 aromatic carbocycles. The van der Waals surface area contributed by atoms with Gasteiger partial charge in [-0.3, -0.25) is 4.79 Å². The molecule has 2 atom stereocenters. The normalized spacial score (nSPS) is 23.1. The van der Waals surface area contributed by atoms with Crippen molar-refractivity contribution >= 4 is 29.1 Å². The van der Waals surface area contributed by atoms with Crippen LogP contribution in [-0.4, -0.2) is 25.2 Å². The molecule has 0 aromatic heterocycles. The van der Waals surface area contributed by atoms with E-state index in [1.165, 1.54) is 0 Å². The third kappa shape index (κ3) is 2.79. The smallest absolute Gasteiger partial charge is 0.254 e. The van der Waals surface area contributed by atoms with Crippen molar-refractivity contribution in [3.05, 3.63) is 33.8 Å². The third-order valence-corrected chi connectivity index (χ3v) is 3.89. The molecule has 98 valence electrons. The second kappa shape index (κ2) is 5.91. The molecule has 0 aliphatic heterocycles. The van der Waals surface area contributed by atoms with E-state index in [2.05, 4.69) is 5.32 Å². The number of rotatable bonds is 3. The highest BCUT2D eigenvalue weighted by Crippen LogP contribution is 2.26. The fourth-order valence-corrected chi connectivity index (χ4v) is 2.90. The molecular weight excluding hydrogens is 273 g/mol. The van der Waals surface area contributed by atoms with Gasteiger partial charge < -0.3 is 10.1 Å². The molecule has 5 heteroatoms. The van der Waals surface area contributed by atoms with Crippen LogP contribution in [0.2, 0.25) is 10.0 Å². The summed E-state index contributed by atoms with van der Waals surface area (Å²) in [5.41, 5.74) is 0.336. The molecule has 1 saturated carbocycles. The van der Waals surface area contributed by atoms with Crippen LogP contribution in [0.15, 0.2) is 18.2 Å². The predicted octanol–water partition coefficient (Wildman–Crippen LogP) is 3.29. The van der Waals surface area contributed by atoms with Crippen molar-refractivity contribution < 1.29 is 9.53 Å². The second-order valence-corrected chi connectivity index (χ2v) is 5.20. The van der Waals surface area contributed by atoms with Crippen LogP contribution in [0.3, 0.4) is 0 Å². The molecule has 1 aromatic rings. The van der Waals surface area contributed by atoms with Gasteiger partial charge in [0.1, 0.15) is 0 Å². The Balaban J connectivity index is 2.12. The molecule has 1 amide bonds. The van der Waals surface area contributed by atoms with Gasteiger partial charge in [-0.2, -0.15) is 0 Å². The molecule has 1 aliphatic carbocycles. The molecular formula is C13H15Cl2NO2. The summed E-state index contributed by atoms with van der Waals surface area (Å²) in [7, 11) is 1.66. The maximum absolute atomic E-state index is 12.2. The van der Waals surface area contributed by atoms with Crippen LogP contribution in [0, 0.1) is 0 Å². The first kappa shape index (κ1) is 13.7. The maximum atomic E-state index is 12.2. The van der Waals surface area contributed by atoms with E-state index >= 15 is 0 Å². The lowest BCUT2D eigenvalue weighted by Gasteiger charge is -2.20. The van der Waals surface area contributed by atoms with E-state index in [4.69, 9.17) is 27.9 Å². The monoisotopic (exact) mass is 287 g/mol. The van der Waals surface area contributed by atoms with Crippen molar-refractivity contribution in [2.75, 3.05) is 7.11 Å². The second-order valence-electron chi connectivity index (χ2n) is 4.38. The number of carbonyl (C=O) groups excluding carboxylic acids is 1. The van der Waals surface area contributed by atoms with Gasteiger partial charge in [-0.05, 0) is 31.4 Å². The zero-order valence-corrected chi connectivity index (χ0v) is 11.6. The Morgan fingerprint density at radius 1 is 1.33 bits per heavy atom. The Labute approximate surface area is 116 Å². The summed E-state index contributed by atoms with van der Waals surface area (Å²) < 4.78 is 5.34. The Kier molecular flexibility index (Phi) is 4.49. The van der Waals surface area contributed by atoms with Gasteiger partial charge >= 0.3 is 0 Å². The summed E-state index contributed by atoms with van der Waals surface area (Å²) >= 11 is 12.0. The summed E-state index contributed by atoms with van der Waals surface area (Å²) in [5, 5.41) is 3.68. The molecule has 0 heterocycles. The fraction of sp³-hybridized carbons (Fsp3) is 0.462. The first-order chi connectivity index (χ1) is 8.63. The molecule has 2 rings (SSSR count). The minimum Gasteiger partial charge on any atom is -0.379 e. The molecule has 0 bridgehead atoms. The summed E-state index contributed by atoms with van der Waals surface area (Å²) in [6.07, 6.45) is 3.03. The molecule has 0 saturated heterocycles. The number of ether oxygens (including phenoxy) is 1. The highest BCUT2D eigenvalue weighted by atomic mass is 35.5. The molecule has 1 fully saturated rings. The SMILES string of the molecule is CO[C@@H]1CCC[C@@H]1NC(=O)c1c(Cl)cccc1Cl.